The molecular formula is C28H40Cl2N4O2. The first-order chi connectivity index (χ1) is 17.4. The summed E-state index contributed by atoms with van der Waals surface area (Å²) in [6.45, 7) is 9.40. The van der Waals surface area contributed by atoms with Gasteiger partial charge in [0.25, 0.3) is 5.91 Å². The molecule has 0 unspecified atom stereocenters. The van der Waals surface area contributed by atoms with Crippen LogP contribution in [0, 0.1) is 5.92 Å². The van der Waals surface area contributed by atoms with Gasteiger partial charge in [-0.25, -0.2) is 0 Å². The zero-order valence-electron chi connectivity index (χ0n) is 21.6. The third-order valence-electron chi connectivity index (χ3n) is 7.04. The first kappa shape index (κ1) is 28.6. The summed E-state index contributed by atoms with van der Waals surface area (Å²) in [6.07, 6.45) is 5.91. The minimum absolute atomic E-state index is 0.173. The molecule has 0 aliphatic carbocycles. The van der Waals surface area contributed by atoms with Crippen molar-refractivity contribution in [3.05, 3.63) is 57.6 Å². The van der Waals surface area contributed by atoms with Crippen LogP contribution in [0.3, 0.4) is 0 Å². The van der Waals surface area contributed by atoms with E-state index in [9.17, 15) is 4.79 Å². The molecule has 0 spiro atoms. The van der Waals surface area contributed by atoms with Gasteiger partial charge in [0.15, 0.2) is 0 Å². The van der Waals surface area contributed by atoms with E-state index in [4.69, 9.17) is 33.7 Å². The number of hydrogen-bond acceptors (Lipinski definition) is 5. The van der Waals surface area contributed by atoms with Gasteiger partial charge in [-0.15, -0.1) is 0 Å². The summed E-state index contributed by atoms with van der Waals surface area (Å²) in [7, 11) is 1.52. The molecule has 0 atom stereocenters. The highest BCUT2D eigenvalue weighted by atomic mass is 35.5. The average Bonchev–Trinajstić information content (AvgIpc) is 2.89. The van der Waals surface area contributed by atoms with E-state index >= 15 is 0 Å². The molecule has 198 valence electrons. The predicted molar refractivity (Wildman–Crippen MR) is 150 cm³/mol. The monoisotopic (exact) mass is 534 g/mol. The number of carbonyl (C=O) groups is 1. The highest BCUT2D eigenvalue weighted by molar-refractivity contribution is 6.33. The largest absolute Gasteiger partial charge is 0.496 e. The van der Waals surface area contributed by atoms with E-state index < -0.39 is 0 Å². The minimum atomic E-state index is -0.173. The lowest BCUT2D eigenvalue weighted by molar-refractivity contribution is 0.0933. The van der Waals surface area contributed by atoms with Crippen molar-refractivity contribution in [3.8, 4) is 5.75 Å². The summed E-state index contributed by atoms with van der Waals surface area (Å²) in [5, 5.41) is 4.20. The molecule has 2 aromatic carbocycles. The van der Waals surface area contributed by atoms with Gasteiger partial charge < -0.3 is 20.7 Å². The lowest BCUT2D eigenvalue weighted by atomic mass is 9.96. The second kappa shape index (κ2) is 14.7. The van der Waals surface area contributed by atoms with Crippen molar-refractivity contribution >= 4 is 34.8 Å². The summed E-state index contributed by atoms with van der Waals surface area (Å²) in [5.74, 6) is 0.760. The molecular weight excluding hydrogens is 495 g/mol. The minimum Gasteiger partial charge on any atom is -0.496 e. The van der Waals surface area contributed by atoms with Gasteiger partial charge in [0.2, 0.25) is 0 Å². The molecule has 3 N–H and O–H groups in total. The average molecular weight is 536 g/mol. The number of ether oxygens (including phenoxy) is 1. The van der Waals surface area contributed by atoms with Gasteiger partial charge in [-0.1, -0.05) is 48.7 Å². The molecule has 36 heavy (non-hydrogen) atoms. The molecule has 1 aliphatic rings. The van der Waals surface area contributed by atoms with Crippen LogP contribution in [0.5, 0.6) is 5.75 Å². The number of nitrogens with zero attached hydrogens (tertiary/aromatic N) is 2. The van der Waals surface area contributed by atoms with Crippen LogP contribution < -0.4 is 15.8 Å². The van der Waals surface area contributed by atoms with E-state index in [-0.39, 0.29) is 5.91 Å². The number of amides is 1. The maximum atomic E-state index is 12.7. The summed E-state index contributed by atoms with van der Waals surface area (Å²) in [4.78, 5) is 17.7. The Bertz CT molecular complexity index is 963. The Morgan fingerprint density at radius 2 is 1.86 bits per heavy atom. The van der Waals surface area contributed by atoms with Crippen LogP contribution in [-0.2, 0) is 6.54 Å². The smallest absolute Gasteiger partial charge is 0.255 e. The number of methoxy groups -OCH3 is 1. The van der Waals surface area contributed by atoms with E-state index in [1.54, 1.807) is 12.1 Å². The van der Waals surface area contributed by atoms with Gasteiger partial charge in [-0.2, -0.15) is 0 Å². The summed E-state index contributed by atoms with van der Waals surface area (Å²) in [6, 6.07) is 11.3. The molecule has 1 amide bonds. The van der Waals surface area contributed by atoms with Gasteiger partial charge in [0, 0.05) is 24.2 Å². The van der Waals surface area contributed by atoms with Crippen molar-refractivity contribution in [2.75, 3.05) is 52.1 Å². The van der Waals surface area contributed by atoms with Crippen LogP contribution >= 0.6 is 23.2 Å². The Kier molecular flexibility index (Phi) is 11.6. The van der Waals surface area contributed by atoms with Crippen molar-refractivity contribution in [3.63, 3.8) is 0 Å². The molecule has 1 aliphatic heterocycles. The number of nitrogens with two attached hydrogens (primary N) is 1. The molecule has 6 nitrogen and oxygen atoms in total. The van der Waals surface area contributed by atoms with Crippen LogP contribution in [0.15, 0.2) is 36.4 Å². The number of carbonyl (C=O) groups excluding carboxylic acids is 1. The van der Waals surface area contributed by atoms with Crippen LogP contribution in [0.2, 0.25) is 10.0 Å². The molecule has 2 aromatic rings. The van der Waals surface area contributed by atoms with Crippen molar-refractivity contribution < 1.29 is 9.53 Å². The van der Waals surface area contributed by atoms with E-state index in [1.807, 2.05) is 12.1 Å². The van der Waals surface area contributed by atoms with Crippen LogP contribution in [0.1, 0.15) is 54.9 Å². The molecule has 0 bridgehead atoms. The number of nitrogen functional groups attached to an aromatic ring is 1. The summed E-state index contributed by atoms with van der Waals surface area (Å²) < 4.78 is 5.30. The zero-order valence-corrected chi connectivity index (χ0v) is 23.1. The van der Waals surface area contributed by atoms with Gasteiger partial charge >= 0.3 is 0 Å². The normalized spacial score (nSPS) is 14.8. The number of hydrogen-bond donors (Lipinski definition) is 2. The molecule has 0 aromatic heterocycles. The molecule has 1 heterocycles. The number of rotatable bonds is 13. The summed E-state index contributed by atoms with van der Waals surface area (Å²) in [5.41, 5.74) is 7.96. The van der Waals surface area contributed by atoms with Gasteiger partial charge in [0.05, 0.1) is 23.4 Å². The predicted octanol–water partition coefficient (Wildman–Crippen LogP) is 5.72. The first-order valence-corrected chi connectivity index (χ1v) is 13.8. The Morgan fingerprint density at radius 3 is 2.53 bits per heavy atom. The quantitative estimate of drug-likeness (QED) is 0.254. The molecule has 8 heteroatoms. The summed E-state index contributed by atoms with van der Waals surface area (Å²) >= 11 is 12.1. The number of benzene rings is 2. The van der Waals surface area contributed by atoms with E-state index in [0.29, 0.717) is 34.5 Å². The van der Waals surface area contributed by atoms with Crippen molar-refractivity contribution in [2.24, 2.45) is 5.92 Å². The number of nitrogens with one attached hydrogen (secondary N) is 1. The van der Waals surface area contributed by atoms with Gasteiger partial charge in [0.1, 0.15) is 5.75 Å². The molecule has 0 radical (unpaired) electrons. The fourth-order valence-electron chi connectivity index (χ4n) is 4.71. The molecule has 0 saturated carbocycles. The van der Waals surface area contributed by atoms with E-state index in [2.05, 4.69) is 34.2 Å². The molecule has 1 fully saturated rings. The Hall–Kier alpha value is -1.99. The number of piperidine rings is 1. The maximum Gasteiger partial charge on any atom is 0.255 e. The first-order valence-electron chi connectivity index (χ1n) is 13.0. The van der Waals surface area contributed by atoms with E-state index in [1.165, 1.54) is 31.9 Å². The Morgan fingerprint density at radius 1 is 1.14 bits per heavy atom. The van der Waals surface area contributed by atoms with Crippen molar-refractivity contribution in [1.29, 1.82) is 0 Å². The zero-order chi connectivity index (χ0) is 25.9. The van der Waals surface area contributed by atoms with Crippen molar-refractivity contribution in [2.45, 2.75) is 45.6 Å². The van der Waals surface area contributed by atoms with Crippen molar-refractivity contribution in [1.82, 2.24) is 15.1 Å². The van der Waals surface area contributed by atoms with Crippen LogP contribution in [-0.4, -0.2) is 62.1 Å². The van der Waals surface area contributed by atoms with Gasteiger partial charge in [-0.05, 0) is 88.1 Å². The van der Waals surface area contributed by atoms with Crippen LogP contribution in [0.25, 0.3) is 0 Å². The SMILES string of the molecule is CCN(CCCCCN1CCC(CNC(=O)c2cc(Cl)c(N)cc2OC)CC1)Cc1ccc(Cl)cc1. The highest BCUT2D eigenvalue weighted by Crippen LogP contribution is 2.29. The highest BCUT2D eigenvalue weighted by Gasteiger charge is 2.21. The lowest BCUT2D eigenvalue weighted by Crippen LogP contribution is -2.39. The molecule has 3 rings (SSSR count). The third-order valence-corrected chi connectivity index (χ3v) is 7.62. The number of unbranched alkanes of at least 4 members (excludes halogenated alkanes) is 2. The maximum absolute atomic E-state index is 12.7. The fraction of sp³-hybridized carbons (Fsp3) is 0.536. The van der Waals surface area contributed by atoms with E-state index in [0.717, 1.165) is 57.1 Å². The number of anilines is 1. The standard InChI is InChI=1S/C28H40Cl2N4O2/c1-3-33(20-22-7-9-23(29)10-8-22)13-5-4-6-14-34-15-11-21(12-16-34)19-32-28(35)24-17-25(30)26(31)18-27(24)36-2/h7-10,17-18,21H,3-6,11-16,19-20,31H2,1-2H3,(H,32,35). The Labute approximate surface area is 226 Å². The fourth-order valence-corrected chi connectivity index (χ4v) is 5.00. The number of likely N-dealkylation sites (tertiary alicyclic amines) is 1. The van der Waals surface area contributed by atoms with Crippen LogP contribution in [0.4, 0.5) is 5.69 Å². The van der Waals surface area contributed by atoms with Gasteiger partial charge in [-0.3, -0.25) is 9.69 Å². The second-order valence-electron chi connectivity index (χ2n) is 9.62. The molecule has 1 saturated heterocycles. The third kappa shape index (κ3) is 8.84. The Balaban J connectivity index is 1.29. The number of halogens is 2. The lowest BCUT2D eigenvalue weighted by Gasteiger charge is -2.32. The second-order valence-corrected chi connectivity index (χ2v) is 10.5. The topological polar surface area (TPSA) is 70.8 Å².